The Bertz CT molecular complexity index is 589. The third-order valence-corrected chi connectivity index (χ3v) is 3.87. The zero-order valence-electron chi connectivity index (χ0n) is 12.0. The molecule has 0 aliphatic rings. The van der Waals surface area contributed by atoms with Crippen LogP contribution in [-0.4, -0.2) is 32.4 Å². The Kier molecular flexibility index (Phi) is 4.84. The van der Waals surface area contributed by atoms with E-state index >= 15 is 0 Å². The van der Waals surface area contributed by atoms with E-state index in [9.17, 15) is 4.79 Å². The second-order valence-corrected chi connectivity index (χ2v) is 5.85. The molecule has 7 heteroatoms. The minimum absolute atomic E-state index is 0.0777. The van der Waals surface area contributed by atoms with Crippen LogP contribution in [0.3, 0.4) is 0 Å². The van der Waals surface area contributed by atoms with Crippen molar-refractivity contribution in [3.63, 3.8) is 0 Å². The molecule has 2 rings (SSSR count). The summed E-state index contributed by atoms with van der Waals surface area (Å²) < 4.78 is 1.86. The third kappa shape index (κ3) is 3.41. The summed E-state index contributed by atoms with van der Waals surface area (Å²) in [7, 11) is 0. The molecule has 0 radical (unpaired) electrons. The lowest BCUT2D eigenvalue weighted by Gasteiger charge is -2.04. The lowest BCUT2D eigenvalue weighted by atomic mass is 10.2. The van der Waals surface area contributed by atoms with Gasteiger partial charge in [0.1, 0.15) is 10.0 Å². The Labute approximate surface area is 122 Å². The van der Waals surface area contributed by atoms with E-state index < -0.39 is 0 Å². The molecule has 0 saturated carbocycles. The first-order valence-electron chi connectivity index (χ1n) is 6.71. The summed E-state index contributed by atoms with van der Waals surface area (Å²) in [5.74, 6) is -0.0777. The fourth-order valence-corrected chi connectivity index (χ4v) is 2.63. The van der Waals surface area contributed by atoms with Crippen molar-refractivity contribution < 1.29 is 4.79 Å². The molecule has 2 heterocycles. The molecule has 0 unspecified atom stereocenters. The van der Waals surface area contributed by atoms with Gasteiger partial charge in [0.15, 0.2) is 0 Å². The smallest absolute Gasteiger partial charge is 0.254 e. The van der Waals surface area contributed by atoms with Crippen molar-refractivity contribution in [1.82, 2.24) is 25.3 Å². The van der Waals surface area contributed by atoms with E-state index in [0.29, 0.717) is 18.5 Å². The minimum Gasteiger partial charge on any atom is -0.352 e. The van der Waals surface area contributed by atoms with Crippen LogP contribution in [0.1, 0.15) is 39.4 Å². The number of carbonyl (C=O) groups excluding carboxylic acids is 1. The van der Waals surface area contributed by atoms with Gasteiger partial charge in [0.25, 0.3) is 5.91 Å². The van der Waals surface area contributed by atoms with Gasteiger partial charge in [-0.05, 0) is 20.3 Å². The summed E-state index contributed by atoms with van der Waals surface area (Å²) in [5.41, 5.74) is 1.56. The molecular weight excluding hydrogens is 274 g/mol. The summed E-state index contributed by atoms with van der Waals surface area (Å²) in [6.45, 7) is 7.33. The lowest BCUT2D eigenvalue weighted by molar-refractivity contribution is 0.0953. The number of amides is 1. The Morgan fingerprint density at radius 3 is 2.85 bits per heavy atom. The predicted octanol–water partition coefficient (Wildman–Crippen LogP) is 1.73. The first-order chi connectivity index (χ1) is 9.61. The predicted molar refractivity (Wildman–Crippen MR) is 77.9 cm³/mol. The van der Waals surface area contributed by atoms with Crippen LogP contribution in [0.2, 0.25) is 0 Å². The van der Waals surface area contributed by atoms with Crippen molar-refractivity contribution in [2.45, 2.75) is 40.2 Å². The molecule has 2 aromatic heterocycles. The van der Waals surface area contributed by atoms with E-state index in [4.69, 9.17) is 0 Å². The maximum atomic E-state index is 12.1. The molecule has 0 bridgehead atoms. The summed E-state index contributed by atoms with van der Waals surface area (Å²) in [6, 6.07) is 0. The fourth-order valence-electron chi connectivity index (χ4n) is 1.92. The van der Waals surface area contributed by atoms with Crippen molar-refractivity contribution in [2.75, 3.05) is 6.54 Å². The highest BCUT2D eigenvalue weighted by molar-refractivity contribution is 7.11. The Hall–Kier alpha value is -1.76. The fraction of sp³-hybridized carbons (Fsp3) is 0.538. The van der Waals surface area contributed by atoms with Gasteiger partial charge in [-0.3, -0.25) is 9.48 Å². The van der Waals surface area contributed by atoms with Gasteiger partial charge in [0.05, 0.1) is 11.8 Å². The zero-order chi connectivity index (χ0) is 14.5. The van der Waals surface area contributed by atoms with Gasteiger partial charge in [0, 0.05) is 25.2 Å². The van der Waals surface area contributed by atoms with Crippen LogP contribution in [0.15, 0.2) is 6.20 Å². The Morgan fingerprint density at radius 1 is 1.40 bits per heavy atom. The molecule has 0 aliphatic heterocycles. The minimum atomic E-state index is -0.0777. The first-order valence-corrected chi connectivity index (χ1v) is 7.53. The van der Waals surface area contributed by atoms with Crippen LogP contribution in [0.25, 0.3) is 0 Å². The van der Waals surface area contributed by atoms with Crippen LogP contribution in [0.5, 0.6) is 0 Å². The van der Waals surface area contributed by atoms with Crippen molar-refractivity contribution >= 4 is 17.2 Å². The maximum absolute atomic E-state index is 12.1. The summed E-state index contributed by atoms with van der Waals surface area (Å²) in [6.07, 6.45) is 3.34. The number of nitrogens with one attached hydrogen (secondary N) is 1. The highest BCUT2D eigenvalue weighted by Gasteiger charge is 2.13. The molecule has 0 aromatic carbocycles. The highest BCUT2D eigenvalue weighted by atomic mass is 32.1. The van der Waals surface area contributed by atoms with E-state index in [-0.39, 0.29) is 5.91 Å². The second-order valence-electron chi connectivity index (χ2n) is 4.59. The quantitative estimate of drug-likeness (QED) is 0.880. The molecular formula is C13H19N5OS. The topological polar surface area (TPSA) is 72.7 Å². The molecule has 1 amide bonds. The first kappa shape index (κ1) is 14.6. The molecule has 0 saturated heterocycles. The van der Waals surface area contributed by atoms with Crippen molar-refractivity contribution in [1.29, 1.82) is 0 Å². The molecule has 1 N–H and O–H groups in total. The molecule has 108 valence electrons. The van der Waals surface area contributed by atoms with E-state index in [1.54, 1.807) is 17.5 Å². The number of carbonyl (C=O) groups is 1. The standard InChI is InChI=1S/C13H19N5OS/c1-4-7-18-9(2)11(8-15-18)13(19)14-6-5-12-17-16-10(3)20-12/h8H,4-7H2,1-3H3,(H,14,19). The average molecular weight is 293 g/mol. The van der Waals surface area contributed by atoms with E-state index in [2.05, 4.69) is 27.5 Å². The third-order valence-electron chi connectivity index (χ3n) is 2.98. The van der Waals surface area contributed by atoms with Crippen molar-refractivity contribution in [2.24, 2.45) is 0 Å². The molecule has 0 aliphatic carbocycles. The van der Waals surface area contributed by atoms with Crippen LogP contribution in [-0.2, 0) is 13.0 Å². The lowest BCUT2D eigenvalue weighted by Crippen LogP contribution is -2.26. The number of hydrogen-bond acceptors (Lipinski definition) is 5. The van der Waals surface area contributed by atoms with Gasteiger partial charge in [0.2, 0.25) is 0 Å². The zero-order valence-corrected chi connectivity index (χ0v) is 12.8. The van der Waals surface area contributed by atoms with Gasteiger partial charge in [-0.25, -0.2) is 0 Å². The van der Waals surface area contributed by atoms with Crippen LogP contribution in [0, 0.1) is 13.8 Å². The number of nitrogens with zero attached hydrogens (tertiary/aromatic N) is 4. The monoisotopic (exact) mass is 293 g/mol. The molecule has 20 heavy (non-hydrogen) atoms. The van der Waals surface area contributed by atoms with Gasteiger partial charge in [-0.2, -0.15) is 5.10 Å². The van der Waals surface area contributed by atoms with Crippen LogP contribution in [0.4, 0.5) is 0 Å². The highest BCUT2D eigenvalue weighted by Crippen LogP contribution is 2.09. The average Bonchev–Trinajstić information content (AvgIpc) is 2.98. The Morgan fingerprint density at radius 2 is 2.20 bits per heavy atom. The number of aromatic nitrogens is 4. The summed E-state index contributed by atoms with van der Waals surface area (Å²) in [4.78, 5) is 12.1. The molecule has 0 atom stereocenters. The van der Waals surface area contributed by atoms with Gasteiger partial charge < -0.3 is 5.32 Å². The van der Waals surface area contributed by atoms with E-state index in [1.165, 1.54) is 0 Å². The molecule has 6 nitrogen and oxygen atoms in total. The normalized spacial score (nSPS) is 10.8. The number of aryl methyl sites for hydroxylation is 2. The van der Waals surface area contributed by atoms with E-state index in [1.807, 2.05) is 18.5 Å². The Balaban J connectivity index is 1.88. The number of hydrogen-bond donors (Lipinski definition) is 1. The van der Waals surface area contributed by atoms with Gasteiger partial charge in [-0.15, -0.1) is 21.5 Å². The van der Waals surface area contributed by atoms with Crippen LogP contribution < -0.4 is 5.32 Å². The molecule has 0 fully saturated rings. The number of rotatable bonds is 6. The molecule has 2 aromatic rings. The molecule has 0 spiro atoms. The summed E-state index contributed by atoms with van der Waals surface area (Å²) in [5, 5.41) is 17.0. The second kappa shape index (κ2) is 6.60. The SMILES string of the molecule is CCCn1ncc(C(=O)NCCc2nnc(C)s2)c1C. The van der Waals surface area contributed by atoms with E-state index in [0.717, 1.165) is 28.7 Å². The maximum Gasteiger partial charge on any atom is 0.254 e. The summed E-state index contributed by atoms with van der Waals surface area (Å²) >= 11 is 1.56. The van der Waals surface area contributed by atoms with Gasteiger partial charge in [-0.1, -0.05) is 6.92 Å². The van der Waals surface area contributed by atoms with Crippen molar-refractivity contribution in [3.8, 4) is 0 Å². The largest absolute Gasteiger partial charge is 0.352 e. The van der Waals surface area contributed by atoms with Crippen LogP contribution >= 0.6 is 11.3 Å². The van der Waals surface area contributed by atoms with Crippen molar-refractivity contribution in [3.05, 3.63) is 27.5 Å². The van der Waals surface area contributed by atoms with Gasteiger partial charge >= 0.3 is 0 Å².